The maximum absolute atomic E-state index is 6.17. The van der Waals surface area contributed by atoms with Crippen LogP contribution >= 0.6 is 35.0 Å². The number of rotatable bonds is 5. The number of nitrogens with one attached hydrogen (secondary N) is 1. The van der Waals surface area contributed by atoms with Crippen molar-refractivity contribution in [3.05, 3.63) is 40.6 Å². The predicted molar refractivity (Wildman–Crippen MR) is 81.4 cm³/mol. The average molecular weight is 314 g/mol. The number of nitrogens with zero attached hydrogens (tertiary/aromatic N) is 2. The molecule has 0 aromatic carbocycles. The highest BCUT2D eigenvalue weighted by Crippen LogP contribution is 2.35. The van der Waals surface area contributed by atoms with Crippen LogP contribution in [0.5, 0.6) is 0 Å². The van der Waals surface area contributed by atoms with Crippen LogP contribution in [0.3, 0.4) is 0 Å². The monoisotopic (exact) mass is 313 g/mol. The van der Waals surface area contributed by atoms with E-state index in [2.05, 4.69) is 22.2 Å². The largest absolute Gasteiger partial charge is 0.369 e. The molecular weight excluding hydrogens is 301 g/mol. The maximum atomic E-state index is 6.17. The third-order valence-electron chi connectivity index (χ3n) is 2.30. The van der Waals surface area contributed by atoms with Crippen molar-refractivity contribution in [1.82, 2.24) is 9.97 Å². The molecule has 1 N–H and O–H groups in total. The lowest BCUT2D eigenvalue weighted by atomic mass is 10.4. The number of pyridine rings is 2. The fraction of sp³-hybridized carbons (Fsp3) is 0.231. The summed E-state index contributed by atoms with van der Waals surface area (Å²) in [6.45, 7) is 2.91. The molecule has 0 radical (unpaired) electrons. The Bertz CT molecular complexity index is 549. The van der Waals surface area contributed by atoms with E-state index in [9.17, 15) is 0 Å². The molecular formula is C13H13Cl2N3S. The maximum Gasteiger partial charge on any atom is 0.146 e. The van der Waals surface area contributed by atoms with Crippen molar-refractivity contribution < 1.29 is 0 Å². The molecule has 0 spiro atoms. The summed E-state index contributed by atoms with van der Waals surface area (Å²) in [5, 5.41) is 5.01. The fourth-order valence-corrected chi connectivity index (χ4v) is 2.72. The van der Waals surface area contributed by atoms with Crippen molar-refractivity contribution in [2.24, 2.45) is 0 Å². The van der Waals surface area contributed by atoms with Gasteiger partial charge >= 0.3 is 0 Å². The number of hydrogen-bond donors (Lipinski definition) is 1. The number of anilines is 1. The van der Waals surface area contributed by atoms with Gasteiger partial charge in [-0.05, 0) is 24.6 Å². The first kappa shape index (κ1) is 14.4. The molecule has 2 aromatic rings. The van der Waals surface area contributed by atoms with E-state index in [0.717, 1.165) is 22.9 Å². The molecule has 0 aliphatic heterocycles. The minimum absolute atomic E-state index is 0.539. The Labute approximate surface area is 126 Å². The van der Waals surface area contributed by atoms with Crippen LogP contribution in [-0.2, 0) is 0 Å². The molecule has 0 bridgehead atoms. The summed E-state index contributed by atoms with van der Waals surface area (Å²) in [5.41, 5.74) is 0. The van der Waals surface area contributed by atoms with E-state index in [1.165, 1.54) is 11.8 Å². The molecule has 0 amide bonds. The van der Waals surface area contributed by atoms with Crippen LogP contribution < -0.4 is 5.32 Å². The minimum atomic E-state index is 0.539. The van der Waals surface area contributed by atoms with Crippen LogP contribution in [0, 0.1) is 0 Å². The first-order chi connectivity index (χ1) is 9.20. The van der Waals surface area contributed by atoms with E-state index in [4.69, 9.17) is 23.2 Å². The third kappa shape index (κ3) is 4.00. The zero-order valence-electron chi connectivity index (χ0n) is 10.4. The fourth-order valence-electron chi connectivity index (χ4n) is 1.41. The Morgan fingerprint density at radius 2 is 1.95 bits per heavy atom. The van der Waals surface area contributed by atoms with Gasteiger partial charge in [0.25, 0.3) is 0 Å². The lowest BCUT2D eigenvalue weighted by Gasteiger charge is -2.10. The van der Waals surface area contributed by atoms with E-state index in [-0.39, 0.29) is 0 Å². The second-order valence-electron chi connectivity index (χ2n) is 3.82. The average Bonchev–Trinajstić information content (AvgIpc) is 2.42. The lowest BCUT2D eigenvalue weighted by Crippen LogP contribution is -2.03. The number of halogens is 2. The lowest BCUT2D eigenvalue weighted by molar-refractivity contribution is 0.960. The van der Waals surface area contributed by atoms with Gasteiger partial charge in [0, 0.05) is 23.8 Å². The van der Waals surface area contributed by atoms with E-state index < -0.39 is 0 Å². The van der Waals surface area contributed by atoms with Gasteiger partial charge in [-0.1, -0.05) is 41.9 Å². The Hall–Kier alpha value is -0.970. The van der Waals surface area contributed by atoms with E-state index in [1.54, 1.807) is 18.5 Å². The molecule has 0 saturated carbocycles. The summed E-state index contributed by atoms with van der Waals surface area (Å²) in [7, 11) is 0. The topological polar surface area (TPSA) is 37.8 Å². The van der Waals surface area contributed by atoms with E-state index >= 15 is 0 Å². The van der Waals surface area contributed by atoms with Crippen LogP contribution in [-0.4, -0.2) is 16.5 Å². The van der Waals surface area contributed by atoms with Crippen LogP contribution in [0.25, 0.3) is 0 Å². The van der Waals surface area contributed by atoms with Crippen LogP contribution in [0.2, 0.25) is 10.0 Å². The molecule has 0 atom stereocenters. The zero-order chi connectivity index (χ0) is 13.7. The molecule has 0 fully saturated rings. The molecule has 0 saturated heterocycles. The van der Waals surface area contributed by atoms with Crippen LogP contribution in [0.4, 0.5) is 5.82 Å². The van der Waals surface area contributed by atoms with Crippen LogP contribution in [0.1, 0.15) is 13.3 Å². The summed E-state index contributed by atoms with van der Waals surface area (Å²) in [6, 6.07) is 5.55. The summed E-state index contributed by atoms with van der Waals surface area (Å²) < 4.78 is 0. The molecule has 2 aromatic heterocycles. The Morgan fingerprint density at radius 3 is 2.63 bits per heavy atom. The quantitative estimate of drug-likeness (QED) is 0.863. The molecule has 2 heterocycles. The van der Waals surface area contributed by atoms with Crippen molar-refractivity contribution >= 4 is 40.8 Å². The third-order valence-corrected chi connectivity index (χ3v) is 4.00. The Kier molecular flexibility index (Phi) is 5.31. The zero-order valence-corrected chi connectivity index (χ0v) is 12.7. The molecule has 100 valence electrons. The second kappa shape index (κ2) is 6.98. The van der Waals surface area contributed by atoms with Gasteiger partial charge in [0.15, 0.2) is 0 Å². The van der Waals surface area contributed by atoms with Gasteiger partial charge in [-0.2, -0.15) is 0 Å². The molecule has 0 unspecified atom stereocenters. The SMILES string of the molecule is CCCNc1nc(Sc2ccncc2)c(Cl)cc1Cl. The molecule has 0 aliphatic carbocycles. The number of aromatic nitrogens is 2. The first-order valence-corrected chi connectivity index (χ1v) is 7.45. The smallest absolute Gasteiger partial charge is 0.146 e. The predicted octanol–water partition coefficient (Wildman–Crippen LogP) is 4.76. The van der Waals surface area contributed by atoms with Gasteiger partial charge in [0.05, 0.1) is 10.0 Å². The highest BCUT2D eigenvalue weighted by Gasteiger charge is 2.10. The Morgan fingerprint density at radius 1 is 1.21 bits per heavy atom. The second-order valence-corrected chi connectivity index (χ2v) is 5.69. The van der Waals surface area contributed by atoms with Gasteiger partial charge in [-0.25, -0.2) is 4.98 Å². The summed E-state index contributed by atoms with van der Waals surface area (Å²) in [4.78, 5) is 9.49. The normalized spacial score (nSPS) is 10.5. The minimum Gasteiger partial charge on any atom is -0.369 e. The number of hydrogen-bond acceptors (Lipinski definition) is 4. The van der Waals surface area contributed by atoms with Crippen molar-refractivity contribution in [2.45, 2.75) is 23.3 Å². The van der Waals surface area contributed by atoms with Gasteiger partial charge in [-0.15, -0.1) is 0 Å². The highest BCUT2D eigenvalue weighted by molar-refractivity contribution is 7.99. The highest BCUT2D eigenvalue weighted by atomic mass is 35.5. The summed E-state index contributed by atoms with van der Waals surface area (Å²) >= 11 is 13.8. The van der Waals surface area contributed by atoms with Gasteiger partial charge in [0.1, 0.15) is 10.8 Å². The molecule has 2 rings (SSSR count). The molecule has 19 heavy (non-hydrogen) atoms. The van der Waals surface area contributed by atoms with Crippen molar-refractivity contribution in [3.8, 4) is 0 Å². The molecule has 3 nitrogen and oxygen atoms in total. The van der Waals surface area contributed by atoms with Gasteiger partial charge in [0.2, 0.25) is 0 Å². The van der Waals surface area contributed by atoms with Crippen molar-refractivity contribution in [1.29, 1.82) is 0 Å². The first-order valence-electron chi connectivity index (χ1n) is 5.88. The van der Waals surface area contributed by atoms with E-state index in [1.807, 2.05) is 12.1 Å². The molecule has 6 heteroatoms. The summed E-state index contributed by atoms with van der Waals surface area (Å²) in [5.74, 6) is 0.671. The van der Waals surface area contributed by atoms with Crippen molar-refractivity contribution in [3.63, 3.8) is 0 Å². The van der Waals surface area contributed by atoms with Crippen molar-refractivity contribution in [2.75, 3.05) is 11.9 Å². The molecule has 0 aliphatic rings. The van der Waals surface area contributed by atoms with Gasteiger partial charge in [-0.3, -0.25) is 4.98 Å². The van der Waals surface area contributed by atoms with Crippen LogP contribution in [0.15, 0.2) is 40.5 Å². The summed E-state index contributed by atoms with van der Waals surface area (Å²) in [6.07, 6.45) is 4.48. The van der Waals surface area contributed by atoms with E-state index in [0.29, 0.717) is 15.9 Å². The standard InChI is InChI=1S/C13H13Cl2N3S/c1-2-5-17-12-10(14)8-11(15)13(18-12)19-9-3-6-16-7-4-9/h3-4,6-8H,2,5H2,1H3,(H,17,18). The Balaban J connectivity index is 2.24. The van der Waals surface area contributed by atoms with Gasteiger partial charge < -0.3 is 5.32 Å².